The van der Waals surface area contributed by atoms with Gasteiger partial charge in [0.05, 0.1) is 0 Å². The molecule has 1 aliphatic rings. The average molecular weight is 287 g/mol. The van der Waals surface area contributed by atoms with Gasteiger partial charge in [-0.15, -0.1) is 0 Å². The van der Waals surface area contributed by atoms with E-state index in [1.165, 1.54) is 0 Å². The molecule has 1 aliphatic heterocycles. The predicted molar refractivity (Wildman–Crippen MR) is 61.5 cm³/mol. The minimum atomic E-state index is -1.38. The van der Waals surface area contributed by atoms with Crippen LogP contribution in [0, 0.1) is 0 Å². The molecule has 4 amide bonds. The number of imide groups is 1. The Balaban J connectivity index is 2.65. The molecule has 1 atom stereocenters. The van der Waals surface area contributed by atoms with Crippen LogP contribution in [0.25, 0.3) is 0 Å². The van der Waals surface area contributed by atoms with Gasteiger partial charge in [-0.05, 0) is 6.42 Å². The first-order valence-corrected chi connectivity index (χ1v) is 5.62. The highest BCUT2D eigenvalue weighted by molar-refractivity contribution is 6.01. The Bertz CT molecular complexity index is 446. The summed E-state index contributed by atoms with van der Waals surface area (Å²) in [5.41, 5.74) is 0. The van der Waals surface area contributed by atoms with Crippen LogP contribution in [0.5, 0.6) is 0 Å². The summed E-state index contributed by atoms with van der Waals surface area (Å²) in [4.78, 5) is 55.7. The van der Waals surface area contributed by atoms with E-state index >= 15 is 0 Å². The lowest BCUT2D eigenvalue weighted by molar-refractivity contribution is -0.140. The van der Waals surface area contributed by atoms with Gasteiger partial charge in [-0.25, -0.2) is 4.79 Å². The molecule has 0 bridgehead atoms. The van der Waals surface area contributed by atoms with Crippen molar-refractivity contribution in [3.63, 3.8) is 0 Å². The summed E-state index contributed by atoms with van der Waals surface area (Å²) < 4.78 is 0. The molecule has 1 fully saturated rings. The number of carbonyl (C=O) groups is 5. The second-order valence-corrected chi connectivity index (χ2v) is 4.10. The number of nitrogens with zero attached hydrogens (tertiary/aromatic N) is 1. The van der Waals surface area contributed by atoms with Crippen LogP contribution in [0.15, 0.2) is 0 Å². The second kappa shape index (κ2) is 6.50. The number of nitrogens with one attached hydrogen (secondary N) is 2. The van der Waals surface area contributed by atoms with E-state index in [9.17, 15) is 24.0 Å². The monoisotopic (exact) mass is 287 g/mol. The first kappa shape index (κ1) is 15.4. The van der Waals surface area contributed by atoms with E-state index in [1.807, 2.05) is 5.32 Å². The van der Waals surface area contributed by atoms with Gasteiger partial charge in [-0.1, -0.05) is 0 Å². The largest absolute Gasteiger partial charge is 0.480 e. The van der Waals surface area contributed by atoms with Crippen molar-refractivity contribution in [3.8, 4) is 0 Å². The van der Waals surface area contributed by atoms with E-state index in [1.54, 1.807) is 0 Å². The van der Waals surface area contributed by atoms with Crippen molar-refractivity contribution in [2.24, 2.45) is 0 Å². The molecule has 0 aromatic heterocycles. The fourth-order valence-corrected chi connectivity index (χ4v) is 1.60. The summed E-state index contributed by atoms with van der Waals surface area (Å²) in [6.07, 6.45) is 0.110. The number of carbonyl (C=O) groups excluding carboxylic acids is 3. The van der Waals surface area contributed by atoms with Crippen LogP contribution in [0.4, 0.5) is 4.79 Å². The van der Waals surface area contributed by atoms with Crippen molar-refractivity contribution in [2.75, 3.05) is 13.1 Å². The SMILES string of the molecule is O=C(O)CN(CC(=O)O)C(=O)NC1CCC(=O)NC1=O. The Kier molecular flexibility index (Phi) is 5.01. The Morgan fingerprint density at radius 3 is 2.20 bits per heavy atom. The molecule has 4 N–H and O–H groups in total. The van der Waals surface area contributed by atoms with E-state index in [0.717, 1.165) is 0 Å². The number of carboxylic acids is 2. The topological polar surface area (TPSA) is 153 Å². The molecule has 10 heteroatoms. The second-order valence-electron chi connectivity index (χ2n) is 4.10. The molecular formula is C10H13N3O7. The Morgan fingerprint density at radius 1 is 1.20 bits per heavy atom. The summed E-state index contributed by atoms with van der Waals surface area (Å²) in [7, 11) is 0. The van der Waals surface area contributed by atoms with Gasteiger partial charge in [0.15, 0.2) is 0 Å². The third-order valence-electron chi connectivity index (χ3n) is 2.48. The van der Waals surface area contributed by atoms with Crippen molar-refractivity contribution in [1.82, 2.24) is 15.5 Å². The summed E-state index contributed by atoms with van der Waals surface area (Å²) in [6.45, 7) is -1.63. The molecular weight excluding hydrogens is 274 g/mol. The predicted octanol–water partition coefficient (Wildman–Crippen LogP) is -2.03. The van der Waals surface area contributed by atoms with Crippen LogP contribution in [-0.2, 0) is 19.2 Å². The molecule has 0 aromatic rings. The van der Waals surface area contributed by atoms with Crippen molar-refractivity contribution in [1.29, 1.82) is 0 Å². The molecule has 1 saturated heterocycles. The number of rotatable bonds is 5. The zero-order valence-electron chi connectivity index (χ0n) is 10.3. The maximum absolute atomic E-state index is 11.7. The molecule has 0 saturated carbocycles. The lowest BCUT2D eigenvalue weighted by atomic mass is 10.1. The molecule has 1 unspecified atom stereocenters. The highest BCUT2D eigenvalue weighted by Crippen LogP contribution is 2.05. The van der Waals surface area contributed by atoms with Gasteiger partial charge in [0, 0.05) is 6.42 Å². The number of aliphatic carboxylic acids is 2. The highest BCUT2D eigenvalue weighted by atomic mass is 16.4. The van der Waals surface area contributed by atoms with Gasteiger partial charge in [0.25, 0.3) is 0 Å². The van der Waals surface area contributed by atoms with Crippen molar-refractivity contribution >= 4 is 29.8 Å². The number of piperidine rings is 1. The molecule has 0 radical (unpaired) electrons. The average Bonchev–Trinajstić information content (AvgIpc) is 2.30. The number of hydrogen-bond donors (Lipinski definition) is 4. The van der Waals surface area contributed by atoms with Crippen LogP contribution in [-0.4, -0.2) is 64.0 Å². The van der Waals surface area contributed by atoms with Gasteiger partial charge in [0.2, 0.25) is 11.8 Å². The number of amides is 4. The fraction of sp³-hybridized carbons (Fsp3) is 0.500. The lowest BCUT2D eigenvalue weighted by Crippen LogP contribution is -2.56. The van der Waals surface area contributed by atoms with Crippen LogP contribution in [0.3, 0.4) is 0 Å². The Hall–Kier alpha value is -2.65. The Labute approximate surface area is 112 Å². The zero-order valence-corrected chi connectivity index (χ0v) is 10.3. The Morgan fingerprint density at radius 2 is 1.75 bits per heavy atom. The van der Waals surface area contributed by atoms with Gasteiger partial charge < -0.3 is 20.4 Å². The molecule has 1 rings (SSSR count). The van der Waals surface area contributed by atoms with Crippen molar-refractivity contribution in [3.05, 3.63) is 0 Å². The zero-order chi connectivity index (χ0) is 15.3. The number of carboxylic acid groups (broad SMARTS) is 2. The number of hydrogen-bond acceptors (Lipinski definition) is 5. The quantitative estimate of drug-likeness (QED) is 0.425. The smallest absolute Gasteiger partial charge is 0.323 e. The minimum Gasteiger partial charge on any atom is -0.480 e. The van der Waals surface area contributed by atoms with Gasteiger partial charge >= 0.3 is 18.0 Å². The standard InChI is InChI=1S/C10H13N3O7/c14-6-2-1-5(9(19)12-6)11-10(20)13(3-7(15)16)4-8(17)18/h5H,1-4H2,(H,11,20)(H,15,16)(H,17,18)(H,12,14,19). The number of urea groups is 1. The maximum atomic E-state index is 11.7. The molecule has 10 nitrogen and oxygen atoms in total. The summed E-state index contributed by atoms with van der Waals surface area (Å²) in [5, 5.41) is 21.4. The van der Waals surface area contributed by atoms with Crippen LogP contribution in [0.1, 0.15) is 12.8 Å². The van der Waals surface area contributed by atoms with E-state index in [4.69, 9.17) is 10.2 Å². The minimum absolute atomic E-state index is 0.0363. The lowest BCUT2D eigenvalue weighted by Gasteiger charge is -2.25. The van der Waals surface area contributed by atoms with Crippen LogP contribution >= 0.6 is 0 Å². The molecule has 110 valence electrons. The first-order chi connectivity index (χ1) is 9.29. The highest BCUT2D eigenvalue weighted by Gasteiger charge is 2.30. The maximum Gasteiger partial charge on any atom is 0.323 e. The van der Waals surface area contributed by atoms with E-state index in [0.29, 0.717) is 4.90 Å². The van der Waals surface area contributed by atoms with Crippen LogP contribution in [0.2, 0.25) is 0 Å². The fourth-order valence-electron chi connectivity index (χ4n) is 1.60. The molecule has 0 aromatic carbocycles. The third-order valence-corrected chi connectivity index (χ3v) is 2.48. The molecule has 1 heterocycles. The normalized spacial score (nSPS) is 18.1. The summed E-state index contributed by atoms with van der Waals surface area (Å²) in [5.74, 6) is -3.94. The van der Waals surface area contributed by atoms with Crippen molar-refractivity contribution < 1.29 is 34.2 Å². The van der Waals surface area contributed by atoms with Crippen LogP contribution < -0.4 is 10.6 Å². The molecule has 0 aliphatic carbocycles. The molecule has 20 heavy (non-hydrogen) atoms. The van der Waals surface area contributed by atoms with E-state index < -0.39 is 48.9 Å². The molecule has 0 spiro atoms. The van der Waals surface area contributed by atoms with Gasteiger partial charge in [-0.2, -0.15) is 0 Å². The summed E-state index contributed by atoms with van der Waals surface area (Å²) in [6, 6.07) is -1.99. The summed E-state index contributed by atoms with van der Waals surface area (Å²) >= 11 is 0. The van der Waals surface area contributed by atoms with Gasteiger partial charge in [0.1, 0.15) is 19.1 Å². The van der Waals surface area contributed by atoms with Crippen molar-refractivity contribution in [2.45, 2.75) is 18.9 Å². The van der Waals surface area contributed by atoms with E-state index in [2.05, 4.69) is 5.32 Å². The van der Waals surface area contributed by atoms with Gasteiger partial charge in [-0.3, -0.25) is 24.5 Å². The first-order valence-electron chi connectivity index (χ1n) is 5.62. The van der Waals surface area contributed by atoms with E-state index in [-0.39, 0.29) is 12.8 Å². The third kappa shape index (κ3) is 4.55.